The van der Waals surface area contributed by atoms with E-state index in [4.69, 9.17) is 10.5 Å². The van der Waals surface area contributed by atoms with Crippen LogP contribution in [-0.4, -0.2) is 19.1 Å². The van der Waals surface area contributed by atoms with Crippen molar-refractivity contribution >= 4 is 5.97 Å². The standard InChI is InChI=1S/C21H43NO2/c1-16(2)9-7-11-18(5)13-20(14-22)21(23)24-15-19(6)12-8-10-17(3)4/h16-20H,7-15,22H2,1-6H3. The Balaban J connectivity index is 4.02. The molecule has 0 rings (SSSR count). The lowest BCUT2D eigenvalue weighted by Crippen LogP contribution is -2.28. The molecule has 3 nitrogen and oxygen atoms in total. The third kappa shape index (κ3) is 12.8. The summed E-state index contributed by atoms with van der Waals surface area (Å²) in [5.41, 5.74) is 5.82. The van der Waals surface area contributed by atoms with Crippen LogP contribution in [0.15, 0.2) is 0 Å². The normalized spacial score (nSPS) is 15.5. The molecule has 2 N–H and O–H groups in total. The molecule has 0 aliphatic carbocycles. The monoisotopic (exact) mass is 341 g/mol. The van der Waals surface area contributed by atoms with Crippen LogP contribution in [0.3, 0.4) is 0 Å². The first-order chi connectivity index (χ1) is 11.3. The summed E-state index contributed by atoms with van der Waals surface area (Å²) in [6, 6.07) is 0. The predicted octanol–water partition coefficient (Wildman–Crippen LogP) is 5.42. The van der Waals surface area contributed by atoms with Crippen LogP contribution in [0.25, 0.3) is 0 Å². The van der Waals surface area contributed by atoms with Crippen LogP contribution in [0.5, 0.6) is 0 Å². The second-order valence-electron chi connectivity index (χ2n) is 8.66. The van der Waals surface area contributed by atoms with E-state index >= 15 is 0 Å². The van der Waals surface area contributed by atoms with E-state index in [0.717, 1.165) is 24.7 Å². The number of esters is 1. The summed E-state index contributed by atoms with van der Waals surface area (Å²) in [5, 5.41) is 0. The highest BCUT2D eigenvalue weighted by molar-refractivity contribution is 5.72. The lowest BCUT2D eigenvalue weighted by molar-refractivity contribution is -0.150. The summed E-state index contributed by atoms with van der Waals surface area (Å²) in [7, 11) is 0. The van der Waals surface area contributed by atoms with Gasteiger partial charge in [-0.3, -0.25) is 4.79 Å². The molecule has 0 aromatic carbocycles. The highest BCUT2D eigenvalue weighted by atomic mass is 16.5. The van der Waals surface area contributed by atoms with Crippen LogP contribution in [0.1, 0.15) is 86.5 Å². The fraction of sp³-hybridized carbons (Fsp3) is 0.952. The topological polar surface area (TPSA) is 52.3 Å². The van der Waals surface area contributed by atoms with E-state index in [9.17, 15) is 4.79 Å². The van der Waals surface area contributed by atoms with Crippen LogP contribution in [0, 0.1) is 29.6 Å². The molecule has 0 saturated heterocycles. The minimum atomic E-state index is -0.137. The van der Waals surface area contributed by atoms with Gasteiger partial charge in [0, 0.05) is 6.54 Å². The Labute approximate surface area is 151 Å². The molecule has 0 aromatic rings. The van der Waals surface area contributed by atoms with Gasteiger partial charge in [-0.1, -0.05) is 73.6 Å². The van der Waals surface area contributed by atoms with E-state index in [0.29, 0.717) is 25.0 Å². The van der Waals surface area contributed by atoms with E-state index in [1.165, 1.54) is 32.1 Å². The maximum absolute atomic E-state index is 12.3. The Bertz CT molecular complexity index is 315. The molecule has 3 heteroatoms. The van der Waals surface area contributed by atoms with Gasteiger partial charge in [-0.05, 0) is 36.5 Å². The molecule has 0 saturated carbocycles. The maximum Gasteiger partial charge on any atom is 0.310 e. The number of hydrogen-bond donors (Lipinski definition) is 1. The Morgan fingerprint density at radius 1 is 0.833 bits per heavy atom. The van der Waals surface area contributed by atoms with Crippen molar-refractivity contribution < 1.29 is 9.53 Å². The van der Waals surface area contributed by atoms with Gasteiger partial charge in [-0.15, -0.1) is 0 Å². The fourth-order valence-electron chi connectivity index (χ4n) is 3.07. The minimum absolute atomic E-state index is 0.0936. The average Bonchev–Trinajstić information content (AvgIpc) is 2.49. The number of nitrogens with two attached hydrogens (primary N) is 1. The highest BCUT2D eigenvalue weighted by Gasteiger charge is 2.21. The third-order valence-electron chi connectivity index (χ3n) is 4.77. The van der Waals surface area contributed by atoms with Crippen molar-refractivity contribution in [3.63, 3.8) is 0 Å². The Morgan fingerprint density at radius 2 is 1.33 bits per heavy atom. The first-order valence-corrected chi connectivity index (χ1v) is 10.1. The molecule has 3 atom stereocenters. The van der Waals surface area contributed by atoms with Crippen LogP contribution < -0.4 is 5.73 Å². The number of ether oxygens (including phenoxy) is 1. The van der Waals surface area contributed by atoms with E-state index in [2.05, 4.69) is 41.5 Å². The second-order valence-corrected chi connectivity index (χ2v) is 8.66. The Morgan fingerprint density at radius 3 is 1.79 bits per heavy atom. The first-order valence-electron chi connectivity index (χ1n) is 10.1. The summed E-state index contributed by atoms with van der Waals surface area (Å²) >= 11 is 0. The number of rotatable bonds is 14. The third-order valence-corrected chi connectivity index (χ3v) is 4.77. The molecule has 0 aromatic heterocycles. The molecule has 0 aliphatic rings. The summed E-state index contributed by atoms with van der Waals surface area (Å²) in [6.45, 7) is 14.3. The van der Waals surface area contributed by atoms with Gasteiger partial charge in [-0.2, -0.15) is 0 Å². The molecule has 3 unspecified atom stereocenters. The van der Waals surface area contributed by atoms with Gasteiger partial charge in [-0.25, -0.2) is 0 Å². The lowest BCUT2D eigenvalue weighted by Gasteiger charge is -2.20. The van der Waals surface area contributed by atoms with Crippen molar-refractivity contribution in [2.45, 2.75) is 86.5 Å². The summed E-state index contributed by atoms with van der Waals surface area (Å²) in [6.07, 6.45) is 8.11. The van der Waals surface area contributed by atoms with Crippen molar-refractivity contribution in [3.05, 3.63) is 0 Å². The van der Waals surface area contributed by atoms with Crippen LogP contribution in [0.4, 0.5) is 0 Å². The zero-order valence-corrected chi connectivity index (χ0v) is 17.1. The van der Waals surface area contributed by atoms with E-state index < -0.39 is 0 Å². The SMILES string of the molecule is CC(C)CCCC(C)COC(=O)C(CN)CC(C)CCCC(C)C. The predicted molar refractivity (Wildman–Crippen MR) is 104 cm³/mol. The second kappa shape index (κ2) is 13.7. The zero-order chi connectivity index (χ0) is 18.5. The number of carbonyl (C=O) groups is 1. The molecule has 0 heterocycles. The summed E-state index contributed by atoms with van der Waals surface area (Å²) in [5.74, 6) is 2.25. The zero-order valence-electron chi connectivity index (χ0n) is 17.1. The first kappa shape index (κ1) is 23.4. The molecule has 0 bridgehead atoms. The maximum atomic E-state index is 12.3. The van der Waals surface area contributed by atoms with Crippen LogP contribution in [0.2, 0.25) is 0 Å². The average molecular weight is 342 g/mol. The molecule has 0 spiro atoms. The Hall–Kier alpha value is -0.570. The fourth-order valence-corrected chi connectivity index (χ4v) is 3.07. The van der Waals surface area contributed by atoms with E-state index in [-0.39, 0.29) is 11.9 Å². The smallest absolute Gasteiger partial charge is 0.310 e. The van der Waals surface area contributed by atoms with Gasteiger partial charge in [0.1, 0.15) is 0 Å². The largest absolute Gasteiger partial charge is 0.465 e. The molecule has 0 fully saturated rings. The molecular weight excluding hydrogens is 298 g/mol. The highest BCUT2D eigenvalue weighted by Crippen LogP contribution is 2.21. The van der Waals surface area contributed by atoms with Crippen LogP contribution >= 0.6 is 0 Å². The molecule has 0 radical (unpaired) electrons. The van der Waals surface area contributed by atoms with Gasteiger partial charge < -0.3 is 10.5 Å². The van der Waals surface area contributed by atoms with Crippen molar-refractivity contribution in [2.75, 3.05) is 13.2 Å². The molecular formula is C21H43NO2. The van der Waals surface area contributed by atoms with E-state index in [1.807, 2.05) is 0 Å². The van der Waals surface area contributed by atoms with Crippen molar-refractivity contribution in [2.24, 2.45) is 35.3 Å². The van der Waals surface area contributed by atoms with Gasteiger partial charge in [0.05, 0.1) is 12.5 Å². The summed E-state index contributed by atoms with van der Waals surface area (Å²) < 4.78 is 5.54. The number of hydrogen-bond acceptors (Lipinski definition) is 3. The van der Waals surface area contributed by atoms with Crippen molar-refractivity contribution in [1.82, 2.24) is 0 Å². The Kier molecular flexibility index (Phi) is 13.4. The lowest BCUT2D eigenvalue weighted by atomic mass is 9.91. The van der Waals surface area contributed by atoms with Gasteiger partial charge in [0.2, 0.25) is 0 Å². The van der Waals surface area contributed by atoms with E-state index in [1.54, 1.807) is 0 Å². The van der Waals surface area contributed by atoms with Crippen molar-refractivity contribution in [1.29, 1.82) is 0 Å². The quantitative estimate of drug-likeness (QED) is 0.429. The van der Waals surface area contributed by atoms with Gasteiger partial charge >= 0.3 is 5.97 Å². The van der Waals surface area contributed by atoms with Gasteiger partial charge in [0.15, 0.2) is 0 Å². The van der Waals surface area contributed by atoms with Gasteiger partial charge in [0.25, 0.3) is 0 Å². The van der Waals surface area contributed by atoms with Crippen molar-refractivity contribution in [3.8, 4) is 0 Å². The molecule has 24 heavy (non-hydrogen) atoms. The summed E-state index contributed by atoms with van der Waals surface area (Å²) in [4.78, 5) is 12.3. The minimum Gasteiger partial charge on any atom is -0.465 e. The number of carbonyl (C=O) groups excluding carboxylic acids is 1. The molecule has 0 amide bonds. The molecule has 144 valence electrons. The molecule has 0 aliphatic heterocycles. The van der Waals surface area contributed by atoms with Crippen LogP contribution in [-0.2, 0) is 9.53 Å².